The molecule has 7 nitrogen and oxygen atoms in total. The van der Waals surface area contributed by atoms with Crippen molar-refractivity contribution in [2.45, 2.75) is 17.8 Å². The van der Waals surface area contributed by atoms with Crippen LogP contribution in [0.15, 0.2) is 66.1 Å². The van der Waals surface area contributed by atoms with E-state index >= 15 is 0 Å². The minimum Gasteiger partial charge on any atom is -0.320 e. The third-order valence-electron chi connectivity index (χ3n) is 4.38. The van der Waals surface area contributed by atoms with Crippen LogP contribution in [0.5, 0.6) is 0 Å². The Hall–Kier alpha value is -3.30. The number of carbonyl (C=O) groups excluding carboxylic acids is 1. The molecule has 1 amide bonds. The Balaban J connectivity index is 1.68. The van der Waals surface area contributed by atoms with Crippen LogP contribution in [0.1, 0.15) is 21.7 Å². The van der Waals surface area contributed by atoms with Gasteiger partial charge in [0, 0.05) is 28.9 Å². The molecule has 1 N–H and O–H groups in total. The van der Waals surface area contributed by atoms with E-state index in [0.717, 1.165) is 5.56 Å². The van der Waals surface area contributed by atoms with Crippen LogP contribution in [-0.4, -0.2) is 30.9 Å². The summed E-state index contributed by atoms with van der Waals surface area (Å²) in [7, 11) is 0. The fourth-order valence-corrected chi connectivity index (χ4v) is 3.77. The van der Waals surface area contributed by atoms with Crippen LogP contribution in [-0.2, 0) is 5.75 Å². The van der Waals surface area contributed by atoms with Crippen LogP contribution in [0.4, 0.5) is 10.1 Å². The van der Waals surface area contributed by atoms with Gasteiger partial charge in [0.1, 0.15) is 5.82 Å². The van der Waals surface area contributed by atoms with Gasteiger partial charge in [0.15, 0.2) is 10.9 Å². The van der Waals surface area contributed by atoms with Gasteiger partial charge in [0.05, 0.1) is 11.4 Å². The van der Waals surface area contributed by atoms with Gasteiger partial charge in [0.2, 0.25) is 0 Å². The lowest BCUT2D eigenvalue weighted by Crippen LogP contribution is -2.16. The number of aromatic nitrogens is 5. The molecule has 0 aliphatic carbocycles. The van der Waals surface area contributed by atoms with Crippen molar-refractivity contribution in [1.29, 1.82) is 0 Å². The molecule has 0 aliphatic rings. The number of hydrogen-bond acceptors (Lipinski definition) is 6. The number of anilines is 1. The van der Waals surface area contributed by atoms with Gasteiger partial charge in [-0.2, -0.15) is 0 Å². The summed E-state index contributed by atoms with van der Waals surface area (Å²) in [6.45, 7) is 1.87. The average molecular weight is 455 g/mol. The normalized spacial score (nSPS) is 10.8. The maximum Gasteiger partial charge on any atom is 0.278 e. The highest BCUT2D eigenvalue weighted by molar-refractivity contribution is 7.98. The Kier molecular flexibility index (Phi) is 6.24. The summed E-state index contributed by atoms with van der Waals surface area (Å²) < 4.78 is 14.9. The molecule has 0 aliphatic heterocycles. The number of rotatable bonds is 6. The van der Waals surface area contributed by atoms with Crippen molar-refractivity contribution >= 4 is 35.0 Å². The topological polar surface area (TPSA) is 85.6 Å². The smallest absolute Gasteiger partial charge is 0.278 e. The molecule has 4 aromatic rings. The van der Waals surface area contributed by atoms with Crippen LogP contribution >= 0.6 is 23.4 Å². The number of halogens is 2. The Morgan fingerprint density at radius 1 is 1.16 bits per heavy atom. The molecule has 31 heavy (non-hydrogen) atoms. The lowest BCUT2D eigenvalue weighted by atomic mass is 10.2. The fourth-order valence-electron chi connectivity index (χ4n) is 2.80. The zero-order valence-electron chi connectivity index (χ0n) is 16.3. The number of hydrogen-bond donors (Lipinski definition) is 1. The zero-order valence-corrected chi connectivity index (χ0v) is 17.9. The van der Waals surface area contributed by atoms with Crippen molar-refractivity contribution in [3.8, 4) is 5.69 Å². The molecule has 0 atom stereocenters. The molecule has 0 bridgehead atoms. The largest absolute Gasteiger partial charge is 0.320 e. The minimum absolute atomic E-state index is 0.145. The van der Waals surface area contributed by atoms with E-state index < -0.39 is 5.91 Å². The van der Waals surface area contributed by atoms with Crippen LogP contribution in [0.3, 0.4) is 0 Å². The summed E-state index contributed by atoms with van der Waals surface area (Å²) in [5.74, 6) is -0.471. The van der Waals surface area contributed by atoms with Crippen molar-refractivity contribution in [2.75, 3.05) is 5.32 Å². The van der Waals surface area contributed by atoms with Gasteiger partial charge in [-0.15, -0.1) is 5.10 Å². The highest BCUT2D eigenvalue weighted by Gasteiger charge is 2.22. The second-order valence-electron chi connectivity index (χ2n) is 6.51. The predicted octanol–water partition coefficient (Wildman–Crippen LogP) is 4.70. The Morgan fingerprint density at radius 2 is 1.90 bits per heavy atom. The monoisotopic (exact) mass is 454 g/mol. The molecule has 2 heterocycles. The van der Waals surface area contributed by atoms with Crippen molar-refractivity contribution in [1.82, 2.24) is 25.0 Å². The summed E-state index contributed by atoms with van der Waals surface area (Å²) in [5, 5.41) is 12.1. The quantitative estimate of drug-likeness (QED) is 0.335. The molecule has 4 rings (SSSR count). The maximum absolute atomic E-state index is 13.4. The molecule has 2 aromatic carbocycles. The van der Waals surface area contributed by atoms with Gasteiger partial charge in [-0.3, -0.25) is 4.79 Å². The number of aryl methyl sites for hydroxylation is 1. The van der Waals surface area contributed by atoms with E-state index in [1.165, 1.54) is 28.6 Å². The summed E-state index contributed by atoms with van der Waals surface area (Å²) >= 11 is 7.40. The van der Waals surface area contributed by atoms with Crippen LogP contribution in [0.2, 0.25) is 5.02 Å². The van der Waals surface area contributed by atoms with Crippen LogP contribution in [0.25, 0.3) is 5.69 Å². The number of thioether (sulfide) groups is 1. The maximum atomic E-state index is 13.4. The van der Waals surface area contributed by atoms with Crippen molar-refractivity contribution in [3.05, 3.63) is 88.7 Å². The summed E-state index contributed by atoms with van der Waals surface area (Å²) in [6.07, 6.45) is 3.28. The number of nitrogens with zero attached hydrogens (tertiary/aromatic N) is 5. The van der Waals surface area contributed by atoms with E-state index in [1.54, 1.807) is 42.7 Å². The first-order valence-electron chi connectivity index (χ1n) is 9.19. The highest BCUT2D eigenvalue weighted by atomic mass is 35.5. The van der Waals surface area contributed by atoms with Gasteiger partial charge < -0.3 is 5.32 Å². The second kappa shape index (κ2) is 9.23. The van der Waals surface area contributed by atoms with Gasteiger partial charge in [0.25, 0.3) is 5.91 Å². The molecule has 0 radical (unpaired) electrons. The first-order valence-corrected chi connectivity index (χ1v) is 10.6. The molecule has 0 saturated heterocycles. The molecule has 156 valence electrons. The SMILES string of the molecule is Cc1ccc(Cl)cc1NC(=O)c1nnn(-c2ccc(F)cc2)c1CSc1ncccn1. The summed E-state index contributed by atoms with van der Waals surface area (Å²) in [4.78, 5) is 21.4. The summed E-state index contributed by atoms with van der Waals surface area (Å²) in [6, 6.07) is 12.7. The fraction of sp³-hybridized carbons (Fsp3) is 0.0952. The summed E-state index contributed by atoms with van der Waals surface area (Å²) in [5.41, 5.74) is 2.70. The molecule has 10 heteroatoms. The van der Waals surface area contributed by atoms with E-state index in [0.29, 0.717) is 33.0 Å². The first kappa shape index (κ1) is 21.0. The number of benzene rings is 2. The van der Waals surface area contributed by atoms with Crippen LogP contribution in [0, 0.1) is 12.7 Å². The third-order valence-corrected chi connectivity index (χ3v) is 5.50. The number of carbonyl (C=O) groups is 1. The molecule has 0 spiro atoms. The van der Waals surface area contributed by atoms with Crippen molar-refractivity contribution < 1.29 is 9.18 Å². The third kappa shape index (κ3) is 4.89. The molecule has 0 fully saturated rings. The number of nitrogens with one attached hydrogen (secondary N) is 1. The predicted molar refractivity (Wildman–Crippen MR) is 117 cm³/mol. The van der Waals surface area contributed by atoms with E-state index in [9.17, 15) is 9.18 Å². The minimum atomic E-state index is -0.427. The molecule has 0 saturated carbocycles. The molecular formula is C21H16ClFN6OS. The lowest BCUT2D eigenvalue weighted by molar-refractivity contribution is 0.102. The molecule has 2 aromatic heterocycles. The number of amides is 1. The van der Waals surface area contributed by atoms with Crippen LogP contribution < -0.4 is 5.32 Å². The van der Waals surface area contributed by atoms with Crippen molar-refractivity contribution in [2.24, 2.45) is 0 Å². The van der Waals surface area contributed by atoms with Gasteiger partial charge in [-0.25, -0.2) is 19.0 Å². The Bertz CT molecular complexity index is 1220. The first-order chi connectivity index (χ1) is 15.0. The van der Waals surface area contributed by atoms with Gasteiger partial charge in [-0.1, -0.05) is 34.6 Å². The van der Waals surface area contributed by atoms with Gasteiger partial charge >= 0.3 is 0 Å². The van der Waals surface area contributed by atoms with Crippen molar-refractivity contribution in [3.63, 3.8) is 0 Å². The van der Waals surface area contributed by atoms with E-state index in [-0.39, 0.29) is 11.5 Å². The Morgan fingerprint density at radius 3 is 2.65 bits per heavy atom. The standard InChI is InChI=1S/C21H16ClFN6OS/c1-13-3-4-14(22)11-17(13)26-20(30)19-18(12-31-21-24-9-2-10-25-21)29(28-27-19)16-7-5-15(23)6-8-16/h2-11H,12H2,1H3,(H,26,30). The second-order valence-corrected chi connectivity index (χ2v) is 7.89. The van der Waals surface area contributed by atoms with Gasteiger partial charge in [-0.05, 0) is 55.0 Å². The Labute approximate surface area is 186 Å². The molecule has 0 unspecified atom stereocenters. The zero-order chi connectivity index (χ0) is 21.8. The van der Waals surface area contributed by atoms with E-state index in [2.05, 4.69) is 25.6 Å². The van der Waals surface area contributed by atoms with E-state index in [1.807, 2.05) is 13.0 Å². The highest BCUT2D eigenvalue weighted by Crippen LogP contribution is 2.25. The van der Waals surface area contributed by atoms with E-state index in [4.69, 9.17) is 11.6 Å². The lowest BCUT2D eigenvalue weighted by Gasteiger charge is -2.10. The molecular weight excluding hydrogens is 439 g/mol. The average Bonchev–Trinajstić information content (AvgIpc) is 3.20.